The number of hydrogen-bond acceptors (Lipinski definition) is 5. The zero-order valence-electron chi connectivity index (χ0n) is 16.3. The molecule has 158 valence electrons. The second-order valence-corrected chi connectivity index (χ2v) is 6.95. The molecule has 2 aromatic rings. The average Bonchev–Trinajstić information content (AvgIpc) is 2.76. The summed E-state index contributed by atoms with van der Waals surface area (Å²) in [5, 5.41) is 15.2. The topological polar surface area (TPSA) is 101 Å². The number of aliphatic hydroxyl groups excluding tert-OH is 1. The summed E-state index contributed by atoms with van der Waals surface area (Å²) >= 11 is 0. The Balaban J connectivity index is 1.48. The van der Waals surface area contributed by atoms with Gasteiger partial charge < -0.3 is 20.5 Å². The molecular weight excluding hydrogens is 389 g/mol. The Morgan fingerprint density at radius 2 is 1.83 bits per heavy atom. The van der Waals surface area contributed by atoms with Gasteiger partial charge in [-0.05, 0) is 48.4 Å². The van der Waals surface area contributed by atoms with Gasteiger partial charge in [-0.25, -0.2) is 4.39 Å². The maximum Gasteiger partial charge on any atom is 0.251 e. The molecule has 0 saturated carbocycles. The SMILES string of the molecule is O=C(C[C@@H]1C=C[C@H](NC(=O)c2ccc(F)cc2)[C@@H](CO)O1)NCCc1ccncc1. The fraction of sp³-hybridized carbons (Fsp3) is 0.318. The van der Waals surface area contributed by atoms with Crippen molar-refractivity contribution >= 4 is 11.8 Å². The van der Waals surface area contributed by atoms with Gasteiger partial charge in [0.1, 0.15) is 11.9 Å². The summed E-state index contributed by atoms with van der Waals surface area (Å²) in [4.78, 5) is 28.4. The first-order chi connectivity index (χ1) is 14.5. The minimum Gasteiger partial charge on any atom is -0.394 e. The van der Waals surface area contributed by atoms with Crippen molar-refractivity contribution in [3.05, 3.63) is 77.9 Å². The Morgan fingerprint density at radius 1 is 1.10 bits per heavy atom. The third-order valence-corrected chi connectivity index (χ3v) is 4.74. The van der Waals surface area contributed by atoms with Gasteiger partial charge in [0.2, 0.25) is 5.91 Å². The molecule has 2 amide bonds. The minimum absolute atomic E-state index is 0.113. The predicted octanol–water partition coefficient (Wildman–Crippen LogP) is 1.38. The van der Waals surface area contributed by atoms with Crippen molar-refractivity contribution in [1.82, 2.24) is 15.6 Å². The van der Waals surface area contributed by atoms with E-state index in [1.807, 2.05) is 12.1 Å². The number of aromatic nitrogens is 1. The number of carbonyl (C=O) groups excluding carboxylic acids is 2. The third-order valence-electron chi connectivity index (χ3n) is 4.74. The van der Waals surface area contributed by atoms with E-state index in [1.54, 1.807) is 24.5 Å². The summed E-state index contributed by atoms with van der Waals surface area (Å²) in [5.41, 5.74) is 1.39. The fourth-order valence-corrected chi connectivity index (χ4v) is 3.12. The first-order valence-electron chi connectivity index (χ1n) is 9.72. The van der Waals surface area contributed by atoms with Crippen LogP contribution in [0.4, 0.5) is 4.39 Å². The second kappa shape index (κ2) is 10.6. The van der Waals surface area contributed by atoms with E-state index in [0.29, 0.717) is 18.5 Å². The van der Waals surface area contributed by atoms with Crippen molar-refractivity contribution in [2.24, 2.45) is 0 Å². The Bertz CT molecular complexity index is 874. The van der Waals surface area contributed by atoms with E-state index >= 15 is 0 Å². The van der Waals surface area contributed by atoms with Crippen molar-refractivity contribution < 1.29 is 23.8 Å². The van der Waals surface area contributed by atoms with Gasteiger partial charge in [0, 0.05) is 24.5 Å². The van der Waals surface area contributed by atoms with Crippen LogP contribution in [0.3, 0.4) is 0 Å². The summed E-state index contributed by atoms with van der Waals surface area (Å²) in [7, 11) is 0. The van der Waals surface area contributed by atoms with Gasteiger partial charge >= 0.3 is 0 Å². The lowest BCUT2D eigenvalue weighted by atomic mass is 10.0. The Morgan fingerprint density at radius 3 is 2.53 bits per heavy atom. The number of ether oxygens (including phenoxy) is 1. The van der Waals surface area contributed by atoms with E-state index in [9.17, 15) is 19.1 Å². The fourth-order valence-electron chi connectivity index (χ4n) is 3.12. The molecule has 1 aliphatic rings. The minimum atomic E-state index is -0.686. The van der Waals surface area contributed by atoms with E-state index in [-0.39, 0.29) is 18.9 Å². The Labute approximate surface area is 174 Å². The van der Waals surface area contributed by atoms with Crippen LogP contribution in [0.1, 0.15) is 22.3 Å². The van der Waals surface area contributed by atoms with Crippen molar-refractivity contribution in [3.63, 3.8) is 0 Å². The highest BCUT2D eigenvalue weighted by Crippen LogP contribution is 2.16. The molecule has 2 heterocycles. The molecule has 0 spiro atoms. The van der Waals surface area contributed by atoms with Crippen LogP contribution in [0.2, 0.25) is 0 Å². The maximum absolute atomic E-state index is 13.0. The van der Waals surface area contributed by atoms with Crippen LogP contribution in [0.15, 0.2) is 60.9 Å². The number of nitrogens with zero attached hydrogens (tertiary/aromatic N) is 1. The number of hydrogen-bond donors (Lipinski definition) is 3. The predicted molar refractivity (Wildman–Crippen MR) is 108 cm³/mol. The molecular formula is C22H24FN3O4. The van der Waals surface area contributed by atoms with Crippen LogP contribution < -0.4 is 10.6 Å². The molecule has 30 heavy (non-hydrogen) atoms. The third kappa shape index (κ3) is 6.20. The smallest absolute Gasteiger partial charge is 0.251 e. The maximum atomic E-state index is 13.0. The second-order valence-electron chi connectivity index (χ2n) is 6.95. The van der Waals surface area contributed by atoms with Gasteiger partial charge in [0.15, 0.2) is 0 Å². The van der Waals surface area contributed by atoms with Crippen LogP contribution in [-0.4, -0.2) is 53.3 Å². The number of pyridine rings is 1. The van der Waals surface area contributed by atoms with Crippen molar-refractivity contribution in [1.29, 1.82) is 0 Å². The highest BCUT2D eigenvalue weighted by Gasteiger charge is 2.29. The Hall–Kier alpha value is -3.10. The van der Waals surface area contributed by atoms with Gasteiger partial charge in [-0.1, -0.05) is 12.2 Å². The molecule has 0 bridgehead atoms. The molecule has 0 radical (unpaired) electrons. The number of carbonyl (C=O) groups is 2. The number of rotatable bonds is 8. The van der Waals surface area contributed by atoms with Crippen molar-refractivity contribution in [3.8, 4) is 0 Å². The molecule has 1 aromatic heterocycles. The summed E-state index contributed by atoms with van der Waals surface area (Å²) in [6.07, 6.45) is 6.45. The van der Waals surface area contributed by atoms with Gasteiger partial charge in [0.05, 0.1) is 25.2 Å². The van der Waals surface area contributed by atoms with Crippen LogP contribution in [0.5, 0.6) is 0 Å². The van der Waals surface area contributed by atoms with E-state index in [0.717, 1.165) is 5.56 Å². The van der Waals surface area contributed by atoms with E-state index < -0.39 is 30.0 Å². The number of aliphatic hydroxyl groups is 1. The zero-order valence-corrected chi connectivity index (χ0v) is 16.3. The standard InChI is InChI=1S/C22H24FN3O4/c23-17-3-1-16(2-4-17)22(29)26-19-6-5-18(30-20(19)14-27)13-21(28)25-12-9-15-7-10-24-11-8-15/h1-8,10-11,18-20,27H,9,12-14H2,(H,25,28)(H,26,29)/t18-,19-,20+/m0/s1. The lowest BCUT2D eigenvalue weighted by molar-refractivity contribution is -0.125. The summed E-state index contributed by atoms with van der Waals surface area (Å²) in [6, 6.07) is 8.40. The molecule has 1 aromatic carbocycles. The van der Waals surface area contributed by atoms with Crippen LogP contribution in [-0.2, 0) is 16.0 Å². The molecule has 3 rings (SSSR count). The molecule has 8 heteroatoms. The molecule has 0 fully saturated rings. The van der Waals surface area contributed by atoms with E-state index in [1.165, 1.54) is 24.3 Å². The summed E-state index contributed by atoms with van der Waals surface area (Å²) in [6.45, 7) is 0.179. The average molecular weight is 413 g/mol. The molecule has 3 N–H and O–H groups in total. The van der Waals surface area contributed by atoms with Gasteiger partial charge in [-0.2, -0.15) is 0 Å². The summed E-state index contributed by atoms with van der Waals surface area (Å²) < 4.78 is 18.8. The number of halogens is 1. The largest absolute Gasteiger partial charge is 0.394 e. The van der Waals surface area contributed by atoms with Crippen LogP contribution in [0, 0.1) is 5.82 Å². The zero-order chi connectivity index (χ0) is 21.3. The molecule has 0 saturated heterocycles. The van der Waals surface area contributed by atoms with E-state index in [4.69, 9.17) is 4.74 Å². The molecule has 0 unspecified atom stereocenters. The summed E-state index contributed by atoms with van der Waals surface area (Å²) in [5.74, 6) is -0.995. The van der Waals surface area contributed by atoms with E-state index in [2.05, 4.69) is 15.6 Å². The lowest BCUT2D eigenvalue weighted by Crippen LogP contribution is -2.49. The monoisotopic (exact) mass is 413 g/mol. The first-order valence-corrected chi connectivity index (χ1v) is 9.72. The number of nitrogens with one attached hydrogen (secondary N) is 2. The normalized spacial score (nSPS) is 20.5. The lowest BCUT2D eigenvalue weighted by Gasteiger charge is -2.31. The number of benzene rings is 1. The van der Waals surface area contributed by atoms with Crippen LogP contribution >= 0.6 is 0 Å². The molecule has 3 atom stereocenters. The Kier molecular flexibility index (Phi) is 7.64. The highest BCUT2D eigenvalue weighted by molar-refractivity contribution is 5.94. The van der Waals surface area contributed by atoms with Crippen molar-refractivity contribution in [2.45, 2.75) is 31.1 Å². The van der Waals surface area contributed by atoms with Gasteiger partial charge in [-0.15, -0.1) is 0 Å². The first kappa shape index (κ1) is 21.6. The molecule has 0 aliphatic carbocycles. The van der Waals surface area contributed by atoms with Gasteiger partial charge in [-0.3, -0.25) is 14.6 Å². The van der Waals surface area contributed by atoms with Gasteiger partial charge in [0.25, 0.3) is 5.91 Å². The molecule has 7 nitrogen and oxygen atoms in total. The highest BCUT2D eigenvalue weighted by atomic mass is 19.1. The quantitative estimate of drug-likeness (QED) is 0.568. The molecule has 1 aliphatic heterocycles. The van der Waals surface area contributed by atoms with Crippen LogP contribution in [0.25, 0.3) is 0 Å². The number of amides is 2. The van der Waals surface area contributed by atoms with Crippen molar-refractivity contribution in [2.75, 3.05) is 13.2 Å².